The van der Waals surface area contributed by atoms with Crippen molar-refractivity contribution < 1.29 is 5.11 Å². The minimum absolute atomic E-state index is 0.407. The number of aliphatic hydroxyl groups excluding tert-OH is 1. The van der Waals surface area contributed by atoms with Gasteiger partial charge < -0.3 is 10.4 Å². The maximum atomic E-state index is 9.23. The van der Waals surface area contributed by atoms with E-state index in [1.165, 1.54) is 44.9 Å². The van der Waals surface area contributed by atoms with E-state index in [0.29, 0.717) is 12.5 Å². The lowest BCUT2D eigenvalue weighted by Crippen LogP contribution is -2.46. The fourth-order valence-corrected chi connectivity index (χ4v) is 6.07. The van der Waals surface area contributed by atoms with Gasteiger partial charge in [0.15, 0.2) is 0 Å². The van der Waals surface area contributed by atoms with Crippen LogP contribution in [0.2, 0.25) is 0 Å². The minimum atomic E-state index is 0.407. The minimum Gasteiger partial charge on any atom is -0.396 e. The molecule has 4 fully saturated rings. The molecule has 5 unspecified atom stereocenters. The largest absolute Gasteiger partial charge is 0.396 e. The zero-order valence-electron chi connectivity index (χ0n) is 12.1. The highest BCUT2D eigenvalue weighted by atomic mass is 16.3. The number of aliphatic hydroxyl groups is 1. The van der Waals surface area contributed by atoms with E-state index in [1.54, 1.807) is 12.8 Å². The second-order valence-electron chi connectivity index (χ2n) is 7.83. The predicted molar refractivity (Wildman–Crippen MR) is 76.8 cm³/mol. The lowest BCUT2D eigenvalue weighted by Gasteiger charge is -2.37. The average molecular weight is 263 g/mol. The van der Waals surface area contributed by atoms with Gasteiger partial charge in [-0.1, -0.05) is 6.42 Å². The lowest BCUT2D eigenvalue weighted by atomic mass is 9.78. The normalized spacial score (nSPS) is 52.6. The molecule has 2 bridgehead atoms. The van der Waals surface area contributed by atoms with Crippen LogP contribution in [-0.2, 0) is 0 Å². The van der Waals surface area contributed by atoms with E-state index in [4.69, 9.17) is 0 Å². The van der Waals surface area contributed by atoms with Gasteiger partial charge in [0.25, 0.3) is 0 Å². The van der Waals surface area contributed by atoms with Crippen LogP contribution in [-0.4, -0.2) is 23.8 Å². The zero-order chi connectivity index (χ0) is 12.8. The fourth-order valence-electron chi connectivity index (χ4n) is 6.07. The SMILES string of the molecule is OCC1CCC(NC2CC3CC2C2CCCC32)CC1. The fraction of sp³-hybridized carbons (Fsp3) is 1.00. The van der Waals surface area contributed by atoms with Crippen LogP contribution in [0.3, 0.4) is 0 Å². The van der Waals surface area contributed by atoms with Crippen molar-refractivity contribution in [3.8, 4) is 0 Å². The molecule has 0 aromatic carbocycles. The topological polar surface area (TPSA) is 32.3 Å². The van der Waals surface area contributed by atoms with Crippen molar-refractivity contribution in [3.05, 3.63) is 0 Å². The van der Waals surface area contributed by atoms with Crippen molar-refractivity contribution in [1.29, 1.82) is 0 Å². The molecule has 4 aliphatic rings. The summed E-state index contributed by atoms with van der Waals surface area (Å²) in [5.74, 6) is 4.90. The van der Waals surface area contributed by atoms with E-state index in [1.807, 2.05) is 0 Å². The zero-order valence-corrected chi connectivity index (χ0v) is 12.1. The summed E-state index contributed by atoms with van der Waals surface area (Å²) < 4.78 is 0. The van der Waals surface area contributed by atoms with Gasteiger partial charge >= 0.3 is 0 Å². The van der Waals surface area contributed by atoms with Crippen LogP contribution >= 0.6 is 0 Å². The first-order chi connectivity index (χ1) is 9.35. The predicted octanol–water partition coefficient (Wildman–Crippen LogP) is 2.95. The average Bonchev–Trinajstić information content (AvgIpc) is 3.11. The van der Waals surface area contributed by atoms with Crippen LogP contribution in [0.5, 0.6) is 0 Å². The highest BCUT2D eigenvalue weighted by molar-refractivity contribution is 5.06. The van der Waals surface area contributed by atoms with Crippen molar-refractivity contribution in [3.63, 3.8) is 0 Å². The Kier molecular flexibility index (Phi) is 3.35. The molecule has 0 radical (unpaired) electrons. The molecule has 19 heavy (non-hydrogen) atoms. The molecule has 0 aliphatic heterocycles. The lowest BCUT2D eigenvalue weighted by molar-refractivity contribution is 0.152. The standard InChI is InChI=1S/C17H29NO/c19-10-11-4-6-13(7-5-11)18-17-9-12-8-16(17)15-3-1-2-14(12)15/h11-19H,1-10H2. The van der Waals surface area contributed by atoms with Crippen LogP contribution in [0.1, 0.15) is 57.8 Å². The van der Waals surface area contributed by atoms with Crippen molar-refractivity contribution in [2.75, 3.05) is 6.61 Å². The molecule has 2 heteroatoms. The van der Waals surface area contributed by atoms with E-state index in [9.17, 15) is 5.11 Å². The van der Waals surface area contributed by atoms with Gasteiger partial charge in [0, 0.05) is 18.7 Å². The Morgan fingerprint density at radius 3 is 2.42 bits per heavy atom. The Hall–Kier alpha value is -0.0800. The Balaban J connectivity index is 1.33. The molecular weight excluding hydrogens is 234 g/mol. The molecule has 2 N–H and O–H groups in total. The number of nitrogens with one attached hydrogen (secondary N) is 1. The second-order valence-corrected chi connectivity index (χ2v) is 7.83. The number of hydrogen-bond acceptors (Lipinski definition) is 2. The van der Waals surface area contributed by atoms with Crippen LogP contribution in [0.25, 0.3) is 0 Å². The quantitative estimate of drug-likeness (QED) is 0.820. The first kappa shape index (κ1) is 12.6. The maximum Gasteiger partial charge on any atom is 0.0459 e. The molecule has 0 amide bonds. The number of hydrogen-bond donors (Lipinski definition) is 2. The molecule has 0 heterocycles. The molecule has 4 rings (SSSR count). The summed E-state index contributed by atoms with van der Waals surface area (Å²) in [5.41, 5.74) is 0. The summed E-state index contributed by atoms with van der Waals surface area (Å²) in [6.45, 7) is 0.407. The van der Waals surface area contributed by atoms with Crippen molar-refractivity contribution in [1.82, 2.24) is 5.32 Å². The highest BCUT2D eigenvalue weighted by Crippen LogP contribution is 2.58. The summed E-state index contributed by atoms with van der Waals surface area (Å²) in [5, 5.41) is 13.3. The van der Waals surface area contributed by atoms with Gasteiger partial charge in [-0.3, -0.25) is 0 Å². The van der Waals surface area contributed by atoms with Gasteiger partial charge in [-0.05, 0) is 81.0 Å². The monoisotopic (exact) mass is 263 g/mol. The van der Waals surface area contributed by atoms with Gasteiger partial charge in [0.05, 0.1) is 0 Å². The first-order valence-corrected chi connectivity index (χ1v) is 8.72. The van der Waals surface area contributed by atoms with Crippen LogP contribution in [0, 0.1) is 29.6 Å². The molecule has 0 saturated heterocycles. The van der Waals surface area contributed by atoms with Crippen LogP contribution < -0.4 is 5.32 Å². The van der Waals surface area contributed by atoms with E-state index >= 15 is 0 Å². The molecule has 5 atom stereocenters. The molecule has 0 aromatic rings. The summed E-state index contributed by atoms with van der Waals surface area (Å²) in [6, 6.07) is 1.60. The molecule has 2 nitrogen and oxygen atoms in total. The molecular formula is C17H29NO. The van der Waals surface area contributed by atoms with E-state index < -0.39 is 0 Å². The van der Waals surface area contributed by atoms with E-state index in [2.05, 4.69) is 5.32 Å². The second kappa shape index (κ2) is 5.04. The molecule has 108 valence electrons. The molecule has 0 aromatic heterocycles. The summed E-state index contributed by atoms with van der Waals surface area (Å²) in [4.78, 5) is 0. The third-order valence-electron chi connectivity index (χ3n) is 6.98. The Morgan fingerprint density at radius 2 is 1.63 bits per heavy atom. The Morgan fingerprint density at radius 1 is 0.842 bits per heavy atom. The molecule has 4 saturated carbocycles. The third kappa shape index (κ3) is 2.15. The number of fused-ring (bicyclic) bond motifs is 5. The maximum absolute atomic E-state index is 9.23. The third-order valence-corrected chi connectivity index (χ3v) is 6.98. The summed E-state index contributed by atoms with van der Waals surface area (Å²) in [7, 11) is 0. The number of rotatable bonds is 3. The van der Waals surface area contributed by atoms with Gasteiger partial charge in [0.1, 0.15) is 0 Å². The summed E-state index contributed by atoms with van der Waals surface area (Å²) >= 11 is 0. The van der Waals surface area contributed by atoms with Crippen molar-refractivity contribution >= 4 is 0 Å². The smallest absolute Gasteiger partial charge is 0.0459 e. The Labute approximate surface area is 117 Å². The van der Waals surface area contributed by atoms with Gasteiger partial charge in [-0.2, -0.15) is 0 Å². The molecule has 4 aliphatic carbocycles. The van der Waals surface area contributed by atoms with Gasteiger partial charge in [-0.15, -0.1) is 0 Å². The van der Waals surface area contributed by atoms with Crippen molar-refractivity contribution in [2.45, 2.75) is 69.9 Å². The van der Waals surface area contributed by atoms with Gasteiger partial charge in [0.2, 0.25) is 0 Å². The first-order valence-electron chi connectivity index (χ1n) is 8.72. The van der Waals surface area contributed by atoms with E-state index in [0.717, 1.165) is 35.8 Å². The van der Waals surface area contributed by atoms with Crippen molar-refractivity contribution in [2.24, 2.45) is 29.6 Å². The van der Waals surface area contributed by atoms with Crippen LogP contribution in [0.15, 0.2) is 0 Å². The van der Waals surface area contributed by atoms with E-state index in [-0.39, 0.29) is 0 Å². The van der Waals surface area contributed by atoms with Gasteiger partial charge in [-0.25, -0.2) is 0 Å². The van der Waals surface area contributed by atoms with Crippen LogP contribution in [0.4, 0.5) is 0 Å². The highest BCUT2D eigenvalue weighted by Gasteiger charge is 2.53. The Bertz CT molecular complexity index is 323. The molecule has 0 spiro atoms. The summed E-state index contributed by atoms with van der Waals surface area (Å²) in [6.07, 6.45) is 12.7.